The molecule has 0 atom stereocenters. The van der Waals surface area contributed by atoms with Gasteiger partial charge in [0.05, 0.1) is 18.1 Å². The third-order valence-electron chi connectivity index (χ3n) is 2.49. The Morgan fingerprint density at radius 1 is 1.22 bits per heavy atom. The Morgan fingerprint density at radius 2 is 1.83 bits per heavy atom. The molecule has 1 aromatic rings. The van der Waals surface area contributed by atoms with Crippen LogP contribution in [0.2, 0.25) is 5.02 Å². The summed E-state index contributed by atoms with van der Waals surface area (Å²) in [6, 6.07) is 6.01. The zero-order valence-electron chi connectivity index (χ0n) is 9.63. The van der Waals surface area contributed by atoms with Crippen LogP contribution < -0.4 is 4.72 Å². The van der Waals surface area contributed by atoms with E-state index in [2.05, 4.69) is 4.72 Å². The Bertz CT molecular complexity index is 482. The molecule has 0 aromatic heterocycles. The van der Waals surface area contributed by atoms with Crippen molar-refractivity contribution in [1.29, 1.82) is 0 Å². The molecule has 0 spiro atoms. The lowest BCUT2D eigenvalue weighted by molar-refractivity contribution is -0.0451. The average molecular weight is 292 g/mol. The first-order valence-corrected chi connectivity index (χ1v) is 7.42. The minimum atomic E-state index is -3.49. The van der Waals surface area contributed by atoms with E-state index in [0.29, 0.717) is 24.7 Å². The maximum atomic E-state index is 11.9. The predicted octanol–water partition coefficient (Wildman–Crippen LogP) is 1.38. The topological polar surface area (TPSA) is 64.6 Å². The van der Waals surface area contributed by atoms with Crippen LogP contribution in [0, 0.1) is 0 Å². The van der Waals surface area contributed by atoms with Gasteiger partial charge in [0.2, 0.25) is 10.0 Å². The molecule has 7 heteroatoms. The van der Waals surface area contributed by atoms with Crippen molar-refractivity contribution >= 4 is 21.6 Å². The second-order valence-corrected chi connectivity index (χ2v) is 6.01. The third kappa shape index (κ3) is 3.66. The van der Waals surface area contributed by atoms with E-state index in [1.165, 1.54) is 12.1 Å². The summed E-state index contributed by atoms with van der Waals surface area (Å²) >= 11 is 5.70. The molecule has 1 aromatic carbocycles. The van der Waals surface area contributed by atoms with Crippen LogP contribution >= 0.6 is 11.6 Å². The molecular formula is C11H14ClNO4S. The van der Waals surface area contributed by atoms with Gasteiger partial charge in [0.25, 0.3) is 0 Å². The number of hydrogen-bond acceptors (Lipinski definition) is 4. The van der Waals surface area contributed by atoms with Gasteiger partial charge in [-0.05, 0) is 24.3 Å². The van der Waals surface area contributed by atoms with Crippen LogP contribution in [0.1, 0.15) is 6.42 Å². The number of benzene rings is 1. The molecule has 18 heavy (non-hydrogen) atoms. The van der Waals surface area contributed by atoms with Crippen molar-refractivity contribution in [3.8, 4) is 0 Å². The molecule has 0 unspecified atom stereocenters. The molecule has 2 rings (SSSR count). The summed E-state index contributed by atoms with van der Waals surface area (Å²) in [4.78, 5) is 0.195. The lowest BCUT2D eigenvalue weighted by Gasteiger charge is -2.10. The molecule has 0 saturated carbocycles. The van der Waals surface area contributed by atoms with Crippen molar-refractivity contribution in [2.75, 3.05) is 19.8 Å². The van der Waals surface area contributed by atoms with Gasteiger partial charge in [0.1, 0.15) is 0 Å². The number of halogens is 1. The Morgan fingerprint density at radius 3 is 2.44 bits per heavy atom. The molecule has 1 heterocycles. The first kappa shape index (κ1) is 13.8. The quantitative estimate of drug-likeness (QED) is 0.890. The summed E-state index contributed by atoms with van der Waals surface area (Å²) in [6.45, 7) is 1.40. The predicted molar refractivity (Wildman–Crippen MR) is 66.9 cm³/mol. The Labute approximate surface area is 111 Å². The summed E-state index contributed by atoms with van der Waals surface area (Å²) in [7, 11) is -3.49. The van der Waals surface area contributed by atoms with Gasteiger partial charge >= 0.3 is 0 Å². The van der Waals surface area contributed by atoms with E-state index in [0.717, 1.165) is 0 Å². The molecule has 1 saturated heterocycles. The molecule has 0 amide bonds. The van der Waals surface area contributed by atoms with Crippen molar-refractivity contribution in [2.45, 2.75) is 17.6 Å². The number of nitrogens with one attached hydrogen (secondary N) is 1. The highest BCUT2D eigenvalue weighted by atomic mass is 35.5. The molecule has 5 nitrogen and oxygen atoms in total. The molecule has 1 fully saturated rings. The van der Waals surface area contributed by atoms with Crippen LogP contribution in [0.3, 0.4) is 0 Å². The van der Waals surface area contributed by atoms with E-state index in [1.54, 1.807) is 12.1 Å². The summed E-state index contributed by atoms with van der Waals surface area (Å²) in [5.41, 5.74) is 0. The molecule has 1 aliphatic rings. The monoisotopic (exact) mass is 291 g/mol. The zero-order chi connectivity index (χ0) is 13.0. The zero-order valence-corrected chi connectivity index (χ0v) is 11.2. The Balaban J connectivity index is 1.88. The van der Waals surface area contributed by atoms with Crippen molar-refractivity contribution in [3.63, 3.8) is 0 Å². The smallest absolute Gasteiger partial charge is 0.240 e. The van der Waals surface area contributed by atoms with Crippen LogP contribution in [0.15, 0.2) is 29.2 Å². The second kappa shape index (κ2) is 5.99. The van der Waals surface area contributed by atoms with Gasteiger partial charge < -0.3 is 9.47 Å². The van der Waals surface area contributed by atoms with Crippen molar-refractivity contribution in [3.05, 3.63) is 29.3 Å². The number of rotatable bonds is 5. The van der Waals surface area contributed by atoms with E-state index in [9.17, 15) is 8.42 Å². The minimum Gasteiger partial charge on any atom is -0.350 e. The van der Waals surface area contributed by atoms with Gasteiger partial charge in [-0.2, -0.15) is 0 Å². The highest BCUT2D eigenvalue weighted by Gasteiger charge is 2.18. The normalized spacial score (nSPS) is 17.2. The van der Waals surface area contributed by atoms with E-state index >= 15 is 0 Å². The Kier molecular flexibility index (Phi) is 4.58. The molecule has 100 valence electrons. The number of hydrogen-bond donors (Lipinski definition) is 1. The number of sulfonamides is 1. The SMILES string of the molecule is O=S(=O)(NCCC1OCCO1)c1ccc(Cl)cc1. The molecule has 0 radical (unpaired) electrons. The van der Waals surface area contributed by atoms with Crippen LogP contribution in [0.25, 0.3) is 0 Å². The van der Waals surface area contributed by atoms with Crippen molar-refractivity contribution < 1.29 is 17.9 Å². The van der Waals surface area contributed by atoms with Gasteiger partial charge in [-0.25, -0.2) is 13.1 Å². The Hall–Kier alpha value is -0.660. The first-order chi connectivity index (χ1) is 8.58. The minimum absolute atomic E-state index is 0.195. The van der Waals surface area contributed by atoms with Crippen LogP contribution in [0.4, 0.5) is 0 Å². The van der Waals surface area contributed by atoms with Gasteiger partial charge in [-0.15, -0.1) is 0 Å². The van der Waals surface area contributed by atoms with Gasteiger partial charge in [-0.3, -0.25) is 0 Å². The van der Waals surface area contributed by atoms with E-state index < -0.39 is 10.0 Å². The van der Waals surface area contributed by atoms with Gasteiger partial charge in [-0.1, -0.05) is 11.6 Å². The summed E-state index contributed by atoms with van der Waals surface area (Å²) in [6.07, 6.45) is 0.185. The van der Waals surface area contributed by atoms with Crippen molar-refractivity contribution in [1.82, 2.24) is 4.72 Å². The van der Waals surface area contributed by atoms with E-state index in [1.807, 2.05) is 0 Å². The molecule has 1 aliphatic heterocycles. The third-order valence-corrected chi connectivity index (χ3v) is 4.22. The average Bonchev–Trinajstić information content (AvgIpc) is 2.82. The molecule has 1 N–H and O–H groups in total. The fourth-order valence-electron chi connectivity index (χ4n) is 1.58. The fourth-order valence-corrected chi connectivity index (χ4v) is 2.76. The second-order valence-electron chi connectivity index (χ2n) is 3.81. The highest BCUT2D eigenvalue weighted by molar-refractivity contribution is 7.89. The largest absolute Gasteiger partial charge is 0.350 e. The van der Waals surface area contributed by atoms with Crippen LogP contribution in [-0.2, 0) is 19.5 Å². The molecule has 0 aliphatic carbocycles. The first-order valence-electron chi connectivity index (χ1n) is 5.56. The van der Waals surface area contributed by atoms with E-state index in [4.69, 9.17) is 21.1 Å². The van der Waals surface area contributed by atoms with Crippen molar-refractivity contribution in [2.24, 2.45) is 0 Å². The van der Waals surface area contributed by atoms with E-state index in [-0.39, 0.29) is 17.7 Å². The lowest BCUT2D eigenvalue weighted by atomic mass is 10.4. The summed E-state index contributed by atoms with van der Waals surface area (Å²) < 4.78 is 36.7. The van der Waals surface area contributed by atoms with Gasteiger partial charge in [0, 0.05) is 18.0 Å². The maximum Gasteiger partial charge on any atom is 0.240 e. The molecule has 0 bridgehead atoms. The maximum absolute atomic E-state index is 11.9. The van der Waals surface area contributed by atoms with Crippen LogP contribution in [-0.4, -0.2) is 34.5 Å². The summed E-state index contributed by atoms with van der Waals surface area (Å²) in [5, 5.41) is 0.502. The van der Waals surface area contributed by atoms with Crippen LogP contribution in [0.5, 0.6) is 0 Å². The fraction of sp³-hybridized carbons (Fsp3) is 0.455. The highest BCUT2D eigenvalue weighted by Crippen LogP contribution is 2.14. The molecular weight excluding hydrogens is 278 g/mol. The summed E-state index contributed by atoms with van der Waals surface area (Å²) in [5.74, 6) is 0. The standard InChI is InChI=1S/C11H14ClNO4S/c12-9-1-3-10(4-2-9)18(14,15)13-6-5-11-16-7-8-17-11/h1-4,11,13H,5-8H2. The lowest BCUT2D eigenvalue weighted by Crippen LogP contribution is -2.27. The van der Waals surface area contributed by atoms with Gasteiger partial charge in [0.15, 0.2) is 6.29 Å². The number of ether oxygens (including phenoxy) is 2.